The first-order chi connectivity index (χ1) is 7.20. The van der Waals surface area contributed by atoms with E-state index in [0.717, 1.165) is 18.9 Å². The lowest BCUT2D eigenvalue weighted by atomic mass is 10.1. The van der Waals surface area contributed by atoms with Gasteiger partial charge in [-0.2, -0.15) is 5.26 Å². The van der Waals surface area contributed by atoms with Gasteiger partial charge in [-0.3, -0.25) is 0 Å². The Morgan fingerprint density at radius 3 is 2.80 bits per heavy atom. The van der Waals surface area contributed by atoms with Gasteiger partial charge in [-0.05, 0) is 18.1 Å². The van der Waals surface area contributed by atoms with Gasteiger partial charge in [-0.15, -0.1) is 0 Å². The van der Waals surface area contributed by atoms with Crippen LogP contribution in [-0.2, 0) is 0 Å². The van der Waals surface area contributed by atoms with Crippen LogP contribution in [0.3, 0.4) is 0 Å². The van der Waals surface area contributed by atoms with E-state index in [2.05, 4.69) is 22.9 Å². The van der Waals surface area contributed by atoms with Crippen molar-refractivity contribution in [3.05, 3.63) is 23.9 Å². The van der Waals surface area contributed by atoms with Crippen LogP contribution in [0.4, 0.5) is 5.82 Å². The van der Waals surface area contributed by atoms with Crippen LogP contribution >= 0.6 is 0 Å². The largest absolute Gasteiger partial charge is 0.355 e. The molecule has 0 amide bonds. The molecule has 1 aromatic heterocycles. The first-order valence-corrected chi connectivity index (χ1v) is 5.07. The predicted octanol–water partition coefficient (Wildman–Crippen LogP) is 0.737. The van der Waals surface area contributed by atoms with Gasteiger partial charge in [-0.1, -0.05) is 6.92 Å². The van der Waals surface area contributed by atoms with E-state index in [9.17, 15) is 0 Å². The summed E-state index contributed by atoms with van der Waals surface area (Å²) < 4.78 is 0. The summed E-state index contributed by atoms with van der Waals surface area (Å²) in [6, 6.07) is 5.95. The molecule has 1 aliphatic heterocycles. The van der Waals surface area contributed by atoms with Crippen molar-refractivity contribution in [2.75, 3.05) is 18.0 Å². The number of aromatic nitrogens is 1. The zero-order valence-electron chi connectivity index (χ0n) is 8.72. The molecule has 0 aliphatic carbocycles. The van der Waals surface area contributed by atoms with Gasteiger partial charge in [0.15, 0.2) is 0 Å². The Kier molecular flexibility index (Phi) is 2.57. The molecule has 2 N–H and O–H groups in total. The van der Waals surface area contributed by atoms with Gasteiger partial charge in [0, 0.05) is 25.3 Å². The molecule has 78 valence electrons. The fourth-order valence-corrected chi connectivity index (χ4v) is 1.82. The molecular weight excluding hydrogens is 188 g/mol. The highest BCUT2D eigenvalue weighted by Gasteiger charge is 2.27. The summed E-state index contributed by atoms with van der Waals surface area (Å²) in [6.45, 7) is 3.94. The van der Waals surface area contributed by atoms with Gasteiger partial charge >= 0.3 is 0 Å². The third-order valence-corrected chi connectivity index (χ3v) is 2.87. The molecular formula is C11H14N4. The zero-order chi connectivity index (χ0) is 10.8. The average molecular weight is 202 g/mol. The van der Waals surface area contributed by atoms with Crippen LogP contribution in [0.25, 0.3) is 0 Å². The minimum Gasteiger partial charge on any atom is -0.355 e. The van der Waals surface area contributed by atoms with E-state index in [0.29, 0.717) is 11.5 Å². The smallest absolute Gasteiger partial charge is 0.128 e. The number of nitriles is 1. The highest BCUT2D eigenvalue weighted by atomic mass is 15.2. The van der Waals surface area contributed by atoms with Crippen molar-refractivity contribution in [1.29, 1.82) is 5.26 Å². The van der Waals surface area contributed by atoms with Crippen molar-refractivity contribution < 1.29 is 0 Å². The second-order valence-corrected chi connectivity index (χ2v) is 4.06. The van der Waals surface area contributed by atoms with Crippen LogP contribution in [0.15, 0.2) is 18.3 Å². The first kappa shape index (κ1) is 9.94. The maximum Gasteiger partial charge on any atom is 0.128 e. The molecule has 1 saturated heterocycles. The lowest BCUT2D eigenvalue weighted by Crippen LogP contribution is -2.28. The van der Waals surface area contributed by atoms with Crippen molar-refractivity contribution >= 4 is 5.82 Å². The number of hydrogen-bond donors (Lipinski definition) is 1. The van der Waals surface area contributed by atoms with Gasteiger partial charge in [-0.25, -0.2) is 4.98 Å². The van der Waals surface area contributed by atoms with E-state index in [1.54, 1.807) is 12.3 Å². The molecule has 1 fully saturated rings. The predicted molar refractivity (Wildman–Crippen MR) is 58.3 cm³/mol. The Bertz CT molecular complexity index is 369. The summed E-state index contributed by atoms with van der Waals surface area (Å²) in [5.74, 6) is 1.41. The van der Waals surface area contributed by atoms with Crippen LogP contribution in [0.5, 0.6) is 0 Å². The Labute approximate surface area is 89.3 Å². The van der Waals surface area contributed by atoms with E-state index in [1.807, 2.05) is 6.07 Å². The van der Waals surface area contributed by atoms with Gasteiger partial charge < -0.3 is 10.6 Å². The van der Waals surface area contributed by atoms with Crippen LogP contribution < -0.4 is 10.6 Å². The van der Waals surface area contributed by atoms with E-state index >= 15 is 0 Å². The van der Waals surface area contributed by atoms with Gasteiger partial charge in [0.2, 0.25) is 0 Å². The van der Waals surface area contributed by atoms with E-state index in [1.165, 1.54) is 0 Å². The topological polar surface area (TPSA) is 65.9 Å². The fraction of sp³-hybridized carbons (Fsp3) is 0.455. The summed E-state index contributed by atoms with van der Waals surface area (Å²) in [7, 11) is 0. The molecule has 0 spiro atoms. The number of pyridine rings is 1. The quantitative estimate of drug-likeness (QED) is 0.729. The minimum absolute atomic E-state index is 0.224. The number of nitrogens with two attached hydrogens (primary N) is 1. The Morgan fingerprint density at radius 1 is 1.53 bits per heavy atom. The SMILES string of the molecule is CC1CN(c2ccc(C#N)cn2)CC1N. The summed E-state index contributed by atoms with van der Waals surface area (Å²) >= 11 is 0. The minimum atomic E-state index is 0.224. The van der Waals surface area contributed by atoms with Crippen LogP contribution in [0.1, 0.15) is 12.5 Å². The highest BCUT2D eigenvalue weighted by molar-refractivity contribution is 5.43. The summed E-state index contributed by atoms with van der Waals surface area (Å²) in [5.41, 5.74) is 6.53. The Morgan fingerprint density at radius 2 is 2.33 bits per heavy atom. The molecule has 1 aromatic rings. The van der Waals surface area contributed by atoms with Crippen molar-refractivity contribution in [2.24, 2.45) is 11.7 Å². The number of hydrogen-bond acceptors (Lipinski definition) is 4. The normalized spacial score (nSPS) is 25.3. The molecule has 2 unspecified atom stereocenters. The van der Waals surface area contributed by atoms with Crippen molar-refractivity contribution in [3.63, 3.8) is 0 Å². The molecule has 2 atom stereocenters. The van der Waals surface area contributed by atoms with Gasteiger partial charge in [0.1, 0.15) is 11.9 Å². The molecule has 0 bridgehead atoms. The fourth-order valence-electron chi connectivity index (χ4n) is 1.82. The molecule has 2 heterocycles. The third kappa shape index (κ3) is 1.92. The van der Waals surface area contributed by atoms with E-state index < -0.39 is 0 Å². The van der Waals surface area contributed by atoms with E-state index in [4.69, 9.17) is 11.0 Å². The summed E-state index contributed by atoms with van der Waals surface area (Å²) in [4.78, 5) is 6.41. The Balaban J connectivity index is 2.14. The highest BCUT2D eigenvalue weighted by Crippen LogP contribution is 2.20. The average Bonchev–Trinajstić information content (AvgIpc) is 2.59. The molecule has 2 rings (SSSR count). The first-order valence-electron chi connectivity index (χ1n) is 5.07. The lowest BCUT2D eigenvalue weighted by Gasteiger charge is -2.16. The monoisotopic (exact) mass is 202 g/mol. The maximum absolute atomic E-state index is 8.65. The zero-order valence-corrected chi connectivity index (χ0v) is 8.72. The number of rotatable bonds is 1. The standard InChI is InChI=1S/C11H14N4/c1-8-6-15(7-10(8)13)11-3-2-9(4-12)5-14-11/h2-3,5,8,10H,6-7,13H2,1H3. The summed E-state index contributed by atoms with van der Waals surface area (Å²) in [5, 5.41) is 8.65. The van der Waals surface area contributed by atoms with Gasteiger partial charge in [0.25, 0.3) is 0 Å². The lowest BCUT2D eigenvalue weighted by molar-refractivity contribution is 0.566. The number of anilines is 1. The number of nitrogens with zero attached hydrogens (tertiary/aromatic N) is 3. The molecule has 1 aliphatic rings. The Hall–Kier alpha value is -1.60. The van der Waals surface area contributed by atoms with E-state index in [-0.39, 0.29) is 6.04 Å². The summed E-state index contributed by atoms with van der Waals surface area (Å²) in [6.07, 6.45) is 1.60. The van der Waals surface area contributed by atoms with Crippen molar-refractivity contribution in [3.8, 4) is 6.07 Å². The third-order valence-electron chi connectivity index (χ3n) is 2.87. The molecule has 15 heavy (non-hydrogen) atoms. The maximum atomic E-state index is 8.65. The second kappa shape index (κ2) is 3.87. The van der Waals surface area contributed by atoms with Crippen LogP contribution in [0, 0.1) is 17.2 Å². The van der Waals surface area contributed by atoms with Gasteiger partial charge in [0.05, 0.1) is 5.56 Å². The molecule has 4 nitrogen and oxygen atoms in total. The van der Waals surface area contributed by atoms with Crippen molar-refractivity contribution in [1.82, 2.24) is 4.98 Å². The van der Waals surface area contributed by atoms with Crippen molar-refractivity contribution in [2.45, 2.75) is 13.0 Å². The van der Waals surface area contributed by atoms with Crippen LogP contribution in [-0.4, -0.2) is 24.1 Å². The second-order valence-electron chi connectivity index (χ2n) is 4.06. The molecule has 4 heteroatoms. The molecule has 0 radical (unpaired) electrons. The molecule has 0 saturated carbocycles. The van der Waals surface area contributed by atoms with Crippen LogP contribution in [0.2, 0.25) is 0 Å². The molecule has 0 aromatic carbocycles.